The number of thioether (sulfide) groups is 1. The summed E-state index contributed by atoms with van der Waals surface area (Å²) in [5.74, 6) is -1.05. The van der Waals surface area contributed by atoms with Crippen LogP contribution in [0.2, 0.25) is 0 Å². The Morgan fingerprint density at radius 1 is 1.12 bits per heavy atom. The number of amides is 1. The summed E-state index contributed by atoms with van der Waals surface area (Å²) in [7, 11) is 0. The van der Waals surface area contributed by atoms with E-state index in [0.29, 0.717) is 30.8 Å². The third-order valence-corrected chi connectivity index (χ3v) is 5.50. The molecule has 3 nitrogen and oxygen atoms in total. The Labute approximate surface area is 154 Å². The molecule has 0 aliphatic carbocycles. The van der Waals surface area contributed by atoms with E-state index in [1.54, 1.807) is 17.0 Å². The molecule has 1 amide bonds. The molecule has 2 aromatic rings. The summed E-state index contributed by atoms with van der Waals surface area (Å²) in [6.07, 6.45) is 0.510. The van der Waals surface area contributed by atoms with Crippen molar-refractivity contribution < 1.29 is 22.7 Å². The topological polar surface area (TPSA) is 29.5 Å². The SMILES string of the molecule is O=C(COc1ccccc1F)N1CCSC(c2cc(F)ccc2F)CC1. The van der Waals surface area contributed by atoms with E-state index in [1.165, 1.54) is 30.0 Å². The van der Waals surface area contributed by atoms with E-state index in [-0.39, 0.29) is 23.5 Å². The van der Waals surface area contributed by atoms with E-state index in [9.17, 15) is 18.0 Å². The first-order chi connectivity index (χ1) is 12.5. The number of rotatable bonds is 4. The van der Waals surface area contributed by atoms with Gasteiger partial charge < -0.3 is 9.64 Å². The average molecular weight is 381 g/mol. The number of halogens is 3. The van der Waals surface area contributed by atoms with Gasteiger partial charge in [-0.1, -0.05) is 12.1 Å². The Kier molecular flexibility index (Phi) is 6.08. The molecule has 7 heteroatoms. The zero-order valence-corrected chi connectivity index (χ0v) is 14.8. The summed E-state index contributed by atoms with van der Waals surface area (Å²) in [4.78, 5) is 14.0. The van der Waals surface area contributed by atoms with Gasteiger partial charge >= 0.3 is 0 Å². The molecular formula is C19H18F3NO2S. The summed E-state index contributed by atoms with van der Waals surface area (Å²) in [5.41, 5.74) is 0.326. The van der Waals surface area contributed by atoms with Gasteiger partial charge in [0.1, 0.15) is 11.6 Å². The molecule has 1 saturated heterocycles. The highest BCUT2D eigenvalue weighted by atomic mass is 32.2. The molecule has 0 aromatic heterocycles. The molecular weight excluding hydrogens is 363 g/mol. The van der Waals surface area contributed by atoms with Crippen LogP contribution in [-0.2, 0) is 4.79 Å². The van der Waals surface area contributed by atoms with Crippen LogP contribution in [0.1, 0.15) is 17.2 Å². The van der Waals surface area contributed by atoms with E-state index < -0.39 is 17.5 Å². The summed E-state index contributed by atoms with van der Waals surface area (Å²) < 4.78 is 46.2. The molecule has 26 heavy (non-hydrogen) atoms. The number of para-hydroxylation sites is 1. The van der Waals surface area contributed by atoms with Crippen molar-refractivity contribution in [3.05, 3.63) is 65.5 Å². The number of nitrogens with zero attached hydrogens (tertiary/aromatic N) is 1. The third-order valence-electron chi connectivity index (χ3n) is 4.19. The highest BCUT2D eigenvalue weighted by molar-refractivity contribution is 7.99. The maximum Gasteiger partial charge on any atom is 0.260 e. The maximum absolute atomic E-state index is 14.0. The lowest BCUT2D eigenvalue weighted by molar-refractivity contribution is -0.133. The van der Waals surface area contributed by atoms with Crippen molar-refractivity contribution in [2.45, 2.75) is 11.7 Å². The lowest BCUT2D eigenvalue weighted by Gasteiger charge is -2.20. The van der Waals surface area contributed by atoms with Crippen molar-refractivity contribution in [1.29, 1.82) is 0 Å². The van der Waals surface area contributed by atoms with Crippen LogP contribution in [0.15, 0.2) is 42.5 Å². The molecule has 0 radical (unpaired) electrons. The van der Waals surface area contributed by atoms with Crippen molar-refractivity contribution in [2.24, 2.45) is 0 Å². The Morgan fingerprint density at radius 3 is 2.73 bits per heavy atom. The van der Waals surface area contributed by atoms with Gasteiger partial charge in [-0.25, -0.2) is 13.2 Å². The molecule has 1 aliphatic heterocycles. The molecule has 0 spiro atoms. The highest BCUT2D eigenvalue weighted by Gasteiger charge is 2.24. The summed E-state index contributed by atoms with van der Waals surface area (Å²) in [6.45, 7) is 0.634. The van der Waals surface area contributed by atoms with Crippen molar-refractivity contribution >= 4 is 17.7 Å². The van der Waals surface area contributed by atoms with Crippen molar-refractivity contribution in [3.8, 4) is 5.75 Å². The minimum Gasteiger partial charge on any atom is -0.481 e. The van der Waals surface area contributed by atoms with Gasteiger partial charge in [-0.3, -0.25) is 4.79 Å². The van der Waals surface area contributed by atoms with E-state index in [2.05, 4.69) is 0 Å². The van der Waals surface area contributed by atoms with Crippen LogP contribution in [0.4, 0.5) is 13.2 Å². The van der Waals surface area contributed by atoms with Crippen molar-refractivity contribution in [1.82, 2.24) is 4.90 Å². The standard InChI is InChI=1S/C19H18F3NO2S/c20-13-5-6-15(21)14(11-13)18-7-8-23(9-10-26-18)19(24)12-25-17-4-2-1-3-16(17)22/h1-6,11,18H,7-10,12H2. The number of benzene rings is 2. The molecule has 2 aromatic carbocycles. The summed E-state index contributed by atoms with van der Waals surface area (Å²) >= 11 is 1.50. The van der Waals surface area contributed by atoms with Crippen LogP contribution in [-0.4, -0.2) is 36.3 Å². The van der Waals surface area contributed by atoms with Crippen LogP contribution in [0.25, 0.3) is 0 Å². The number of hydrogen-bond acceptors (Lipinski definition) is 3. The zero-order valence-electron chi connectivity index (χ0n) is 14.0. The van der Waals surface area contributed by atoms with Gasteiger partial charge in [0.25, 0.3) is 5.91 Å². The van der Waals surface area contributed by atoms with Crippen LogP contribution >= 0.6 is 11.8 Å². The minimum absolute atomic E-state index is 0.0322. The molecule has 0 bridgehead atoms. The van der Waals surface area contributed by atoms with E-state index in [0.717, 1.165) is 12.1 Å². The number of carbonyl (C=O) groups excluding carboxylic acids is 1. The first kappa shape index (κ1) is 18.6. The summed E-state index contributed by atoms with van der Waals surface area (Å²) in [5, 5.41) is -0.212. The molecule has 1 fully saturated rings. The second-order valence-corrected chi connectivity index (χ2v) is 7.22. The Morgan fingerprint density at radius 2 is 1.92 bits per heavy atom. The second kappa shape index (κ2) is 8.49. The van der Waals surface area contributed by atoms with Gasteiger partial charge in [0.15, 0.2) is 18.2 Å². The first-order valence-electron chi connectivity index (χ1n) is 8.26. The van der Waals surface area contributed by atoms with Crippen LogP contribution in [0, 0.1) is 17.5 Å². The fraction of sp³-hybridized carbons (Fsp3) is 0.316. The number of carbonyl (C=O) groups is 1. The predicted octanol–water partition coefficient (Wildman–Crippen LogP) is 4.19. The molecule has 138 valence electrons. The number of hydrogen-bond donors (Lipinski definition) is 0. The average Bonchev–Trinajstić information content (AvgIpc) is 2.89. The van der Waals surface area contributed by atoms with E-state index in [4.69, 9.17) is 4.74 Å². The van der Waals surface area contributed by atoms with E-state index in [1.807, 2.05) is 0 Å². The molecule has 3 rings (SSSR count). The third kappa shape index (κ3) is 4.52. The fourth-order valence-corrected chi connectivity index (χ4v) is 4.06. The molecule has 0 N–H and O–H groups in total. The highest BCUT2D eigenvalue weighted by Crippen LogP contribution is 2.36. The Balaban J connectivity index is 1.58. The normalized spacial score (nSPS) is 17.7. The lowest BCUT2D eigenvalue weighted by atomic mass is 10.1. The van der Waals surface area contributed by atoms with Gasteiger partial charge in [0.05, 0.1) is 0 Å². The second-order valence-electron chi connectivity index (χ2n) is 5.91. The van der Waals surface area contributed by atoms with Crippen LogP contribution in [0.3, 0.4) is 0 Å². The van der Waals surface area contributed by atoms with Gasteiger partial charge in [-0.2, -0.15) is 11.8 Å². The van der Waals surface area contributed by atoms with Gasteiger partial charge in [0, 0.05) is 29.7 Å². The maximum atomic E-state index is 14.0. The smallest absolute Gasteiger partial charge is 0.260 e. The molecule has 1 aliphatic rings. The Hall–Kier alpha value is -2.15. The molecule has 1 heterocycles. The minimum atomic E-state index is -0.520. The predicted molar refractivity (Wildman–Crippen MR) is 94.6 cm³/mol. The van der Waals surface area contributed by atoms with Crippen LogP contribution in [0.5, 0.6) is 5.75 Å². The lowest BCUT2D eigenvalue weighted by Crippen LogP contribution is -2.36. The van der Waals surface area contributed by atoms with Crippen molar-refractivity contribution in [2.75, 3.05) is 25.4 Å². The number of ether oxygens (including phenoxy) is 1. The summed E-state index contributed by atoms with van der Waals surface area (Å²) in [6, 6.07) is 9.33. The quantitative estimate of drug-likeness (QED) is 0.795. The van der Waals surface area contributed by atoms with Crippen LogP contribution < -0.4 is 4.74 Å². The monoisotopic (exact) mass is 381 g/mol. The largest absolute Gasteiger partial charge is 0.481 e. The van der Waals surface area contributed by atoms with E-state index >= 15 is 0 Å². The molecule has 1 atom stereocenters. The van der Waals surface area contributed by atoms with Crippen molar-refractivity contribution in [3.63, 3.8) is 0 Å². The van der Waals surface area contributed by atoms with Gasteiger partial charge in [0.2, 0.25) is 0 Å². The molecule has 0 saturated carbocycles. The Bertz CT molecular complexity index is 787. The fourth-order valence-electron chi connectivity index (χ4n) is 2.82. The van der Waals surface area contributed by atoms with Gasteiger partial charge in [-0.15, -0.1) is 0 Å². The van der Waals surface area contributed by atoms with Gasteiger partial charge in [-0.05, 0) is 36.8 Å². The molecule has 1 unspecified atom stereocenters. The first-order valence-corrected chi connectivity index (χ1v) is 9.31. The zero-order chi connectivity index (χ0) is 18.5.